The standard InChI is InChI=1S/C19H23ClN2O2/c1-3-4-12-24-18-11-6-5-9-17(18)21-13-19(23)22-16-10-7-8-15(20)14(16)2/h5-11,21H,3-4,12-13H2,1-2H3,(H,22,23). The number of carbonyl (C=O) groups is 1. The molecule has 128 valence electrons. The Kier molecular flexibility index (Phi) is 6.94. The molecule has 2 aromatic carbocycles. The third-order valence-electron chi connectivity index (χ3n) is 3.62. The number of ether oxygens (including phenoxy) is 1. The zero-order chi connectivity index (χ0) is 17.4. The van der Waals surface area contributed by atoms with E-state index in [4.69, 9.17) is 16.3 Å². The zero-order valence-corrected chi connectivity index (χ0v) is 14.8. The van der Waals surface area contributed by atoms with Gasteiger partial charge in [-0.1, -0.05) is 43.1 Å². The molecule has 0 aliphatic heterocycles. The van der Waals surface area contributed by atoms with E-state index in [0.29, 0.717) is 11.6 Å². The molecule has 4 nitrogen and oxygen atoms in total. The monoisotopic (exact) mass is 346 g/mol. The maximum atomic E-state index is 12.2. The van der Waals surface area contributed by atoms with Crippen LogP contribution >= 0.6 is 11.6 Å². The first-order valence-electron chi connectivity index (χ1n) is 8.12. The number of amides is 1. The Morgan fingerprint density at radius 1 is 1.12 bits per heavy atom. The minimum Gasteiger partial charge on any atom is -0.491 e. The quantitative estimate of drug-likeness (QED) is 0.670. The van der Waals surface area contributed by atoms with Crippen LogP contribution in [0.15, 0.2) is 42.5 Å². The van der Waals surface area contributed by atoms with E-state index in [1.165, 1.54) is 0 Å². The molecule has 5 heteroatoms. The number of hydrogen-bond acceptors (Lipinski definition) is 3. The van der Waals surface area contributed by atoms with Crippen LogP contribution < -0.4 is 15.4 Å². The second kappa shape index (κ2) is 9.18. The van der Waals surface area contributed by atoms with Crippen molar-refractivity contribution in [1.82, 2.24) is 0 Å². The lowest BCUT2D eigenvalue weighted by molar-refractivity contribution is -0.114. The molecular weight excluding hydrogens is 324 g/mol. The van der Waals surface area contributed by atoms with Gasteiger partial charge in [0.2, 0.25) is 5.91 Å². The van der Waals surface area contributed by atoms with Gasteiger partial charge < -0.3 is 15.4 Å². The highest BCUT2D eigenvalue weighted by Gasteiger charge is 2.08. The van der Waals surface area contributed by atoms with E-state index in [1.807, 2.05) is 43.3 Å². The fourth-order valence-electron chi connectivity index (χ4n) is 2.18. The van der Waals surface area contributed by atoms with Gasteiger partial charge in [-0.05, 0) is 43.2 Å². The van der Waals surface area contributed by atoms with E-state index in [9.17, 15) is 4.79 Å². The molecular formula is C19H23ClN2O2. The molecule has 0 spiro atoms. The highest BCUT2D eigenvalue weighted by atomic mass is 35.5. The molecule has 0 atom stereocenters. The predicted molar refractivity (Wildman–Crippen MR) is 100 cm³/mol. The summed E-state index contributed by atoms with van der Waals surface area (Å²) in [6.07, 6.45) is 2.08. The Balaban J connectivity index is 1.93. The number of rotatable bonds is 8. The number of hydrogen-bond donors (Lipinski definition) is 2. The zero-order valence-electron chi connectivity index (χ0n) is 14.1. The lowest BCUT2D eigenvalue weighted by atomic mass is 10.2. The van der Waals surface area contributed by atoms with Crippen molar-refractivity contribution in [2.75, 3.05) is 23.8 Å². The first-order chi connectivity index (χ1) is 11.6. The van der Waals surface area contributed by atoms with Crippen LogP contribution in [0.2, 0.25) is 5.02 Å². The number of anilines is 2. The summed E-state index contributed by atoms with van der Waals surface area (Å²) in [5, 5.41) is 6.63. The Labute approximate surface area is 148 Å². The number of para-hydroxylation sites is 2. The van der Waals surface area contributed by atoms with Gasteiger partial charge >= 0.3 is 0 Å². The smallest absolute Gasteiger partial charge is 0.243 e. The Morgan fingerprint density at radius 3 is 2.67 bits per heavy atom. The van der Waals surface area contributed by atoms with Crippen molar-refractivity contribution in [2.24, 2.45) is 0 Å². The number of benzene rings is 2. The van der Waals surface area contributed by atoms with Crippen LogP contribution in [0.1, 0.15) is 25.3 Å². The summed E-state index contributed by atoms with van der Waals surface area (Å²) >= 11 is 6.07. The van der Waals surface area contributed by atoms with E-state index in [1.54, 1.807) is 6.07 Å². The van der Waals surface area contributed by atoms with Gasteiger partial charge in [0.15, 0.2) is 0 Å². The molecule has 0 aromatic heterocycles. The maximum absolute atomic E-state index is 12.2. The summed E-state index contributed by atoms with van der Waals surface area (Å²) in [6.45, 7) is 4.82. The molecule has 0 fully saturated rings. The molecule has 0 unspecified atom stereocenters. The molecule has 0 aliphatic rings. The molecule has 0 saturated heterocycles. The van der Waals surface area contributed by atoms with Crippen molar-refractivity contribution in [2.45, 2.75) is 26.7 Å². The Hall–Kier alpha value is -2.20. The molecule has 24 heavy (non-hydrogen) atoms. The largest absolute Gasteiger partial charge is 0.491 e. The fraction of sp³-hybridized carbons (Fsp3) is 0.316. The molecule has 0 saturated carbocycles. The van der Waals surface area contributed by atoms with Crippen LogP contribution in [0.4, 0.5) is 11.4 Å². The van der Waals surface area contributed by atoms with E-state index in [0.717, 1.165) is 35.5 Å². The van der Waals surface area contributed by atoms with E-state index >= 15 is 0 Å². The van der Waals surface area contributed by atoms with Gasteiger partial charge in [0.1, 0.15) is 5.75 Å². The van der Waals surface area contributed by atoms with Crippen molar-refractivity contribution >= 4 is 28.9 Å². The van der Waals surface area contributed by atoms with Crippen molar-refractivity contribution in [1.29, 1.82) is 0 Å². The van der Waals surface area contributed by atoms with Gasteiger partial charge in [-0.25, -0.2) is 0 Å². The Morgan fingerprint density at radius 2 is 1.88 bits per heavy atom. The first kappa shape index (κ1) is 18.1. The molecule has 0 radical (unpaired) electrons. The second-order valence-corrected chi connectivity index (χ2v) is 5.92. The lowest BCUT2D eigenvalue weighted by Crippen LogP contribution is -2.22. The van der Waals surface area contributed by atoms with Crippen LogP contribution in [0.3, 0.4) is 0 Å². The summed E-state index contributed by atoms with van der Waals surface area (Å²) in [5.41, 5.74) is 2.39. The Bertz CT molecular complexity index is 689. The molecule has 2 N–H and O–H groups in total. The number of nitrogens with one attached hydrogen (secondary N) is 2. The van der Waals surface area contributed by atoms with Gasteiger partial charge in [0, 0.05) is 10.7 Å². The molecule has 2 aromatic rings. The predicted octanol–water partition coefficient (Wildman–Crippen LogP) is 4.88. The highest BCUT2D eigenvalue weighted by Crippen LogP contribution is 2.25. The van der Waals surface area contributed by atoms with Crippen molar-refractivity contribution in [3.8, 4) is 5.75 Å². The molecule has 2 rings (SSSR count). The molecule has 0 heterocycles. The van der Waals surface area contributed by atoms with Crippen molar-refractivity contribution in [3.05, 3.63) is 53.1 Å². The lowest BCUT2D eigenvalue weighted by Gasteiger charge is -2.14. The minimum atomic E-state index is -0.135. The normalized spacial score (nSPS) is 10.3. The van der Waals surface area contributed by atoms with Crippen LogP contribution in [0.5, 0.6) is 5.75 Å². The van der Waals surface area contributed by atoms with Gasteiger partial charge in [-0.15, -0.1) is 0 Å². The summed E-state index contributed by atoms with van der Waals surface area (Å²) in [4.78, 5) is 12.2. The maximum Gasteiger partial charge on any atom is 0.243 e. The van der Waals surface area contributed by atoms with Gasteiger partial charge in [0.05, 0.1) is 18.8 Å². The number of carbonyl (C=O) groups excluding carboxylic acids is 1. The highest BCUT2D eigenvalue weighted by molar-refractivity contribution is 6.31. The van der Waals surface area contributed by atoms with Gasteiger partial charge in [-0.2, -0.15) is 0 Å². The minimum absolute atomic E-state index is 0.135. The van der Waals surface area contributed by atoms with Crippen LogP contribution in [0, 0.1) is 6.92 Å². The van der Waals surface area contributed by atoms with Crippen LogP contribution in [-0.2, 0) is 4.79 Å². The van der Waals surface area contributed by atoms with E-state index in [2.05, 4.69) is 17.6 Å². The van der Waals surface area contributed by atoms with Gasteiger partial charge in [0.25, 0.3) is 0 Å². The van der Waals surface area contributed by atoms with Crippen LogP contribution in [0.25, 0.3) is 0 Å². The topological polar surface area (TPSA) is 50.4 Å². The third-order valence-corrected chi connectivity index (χ3v) is 4.03. The number of unbranched alkanes of at least 4 members (excludes halogenated alkanes) is 1. The SMILES string of the molecule is CCCCOc1ccccc1NCC(=O)Nc1cccc(Cl)c1C. The summed E-state index contributed by atoms with van der Waals surface area (Å²) in [6, 6.07) is 13.1. The molecule has 0 aliphatic carbocycles. The first-order valence-corrected chi connectivity index (χ1v) is 8.50. The average molecular weight is 347 g/mol. The number of halogens is 1. The third kappa shape index (κ3) is 5.17. The van der Waals surface area contributed by atoms with Crippen molar-refractivity contribution in [3.63, 3.8) is 0 Å². The second-order valence-electron chi connectivity index (χ2n) is 5.51. The fourth-order valence-corrected chi connectivity index (χ4v) is 2.35. The average Bonchev–Trinajstić information content (AvgIpc) is 2.58. The van der Waals surface area contributed by atoms with E-state index < -0.39 is 0 Å². The molecule has 0 bridgehead atoms. The van der Waals surface area contributed by atoms with Crippen LogP contribution in [-0.4, -0.2) is 19.1 Å². The van der Waals surface area contributed by atoms with Crippen molar-refractivity contribution < 1.29 is 9.53 Å². The van der Waals surface area contributed by atoms with E-state index in [-0.39, 0.29) is 12.5 Å². The molecule has 1 amide bonds. The summed E-state index contributed by atoms with van der Waals surface area (Å²) in [5.74, 6) is 0.626. The van der Waals surface area contributed by atoms with Gasteiger partial charge in [-0.3, -0.25) is 4.79 Å². The summed E-state index contributed by atoms with van der Waals surface area (Å²) in [7, 11) is 0. The summed E-state index contributed by atoms with van der Waals surface area (Å²) < 4.78 is 5.75.